The van der Waals surface area contributed by atoms with Crippen LogP contribution in [0.25, 0.3) is 0 Å². The van der Waals surface area contributed by atoms with Crippen LogP contribution in [0, 0.1) is 6.92 Å². The second-order valence-electron chi connectivity index (χ2n) is 6.23. The van der Waals surface area contributed by atoms with Crippen LogP contribution in [0.4, 0.5) is 0 Å². The molecule has 0 aromatic carbocycles. The van der Waals surface area contributed by atoms with Gasteiger partial charge in [0, 0.05) is 24.0 Å². The molecule has 102 valence electrons. The van der Waals surface area contributed by atoms with Crippen LogP contribution in [-0.2, 0) is 5.41 Å². The summed E-state index contributed by atoms with van der Waals surface area (Å²) in [6, 6.07) is 4.89. The molecule has 3 nitrogen and oxygen atoms in total. The fraction of sp³-hybridized carbons (Fsp3) is 0.733. The number of furan rings is 1. The average molecular weight is 250 g/mol. The lowest BCUT2D eigenvalue weighted by Gasteiger charge is -2.32. The van der Waals surface area contributed by atoms with Crippen molar-refractivity contribution in [1.82, 2.24) is 5.32 Å². The Morgan fingerprint density at radius 3 is 2.67 bits per heavy atom. The summed E-state index contributed by atoms with van der Waals surface area (Å²) in [5.41, 5.74) is 6.18. The SMILES string of the molecule is Cc1ccc(C(C)(C)CNC2CCCCC2N)o1. The molecule has 1 aromatic heterocycles. The highest BCUT2D eigenvalue weighted by molar-refractivity contribution is 5.15. The van der Waals surface area contributed by atoms with E-state index in [-0.39, 0.29) is 5.41 Å². The summed E-state index contributed by atoms with van der Waals surface area (Å²) in [5.74, 6) is 2.03. The predicted octanol–water partition coefficient (Wildman–Crippen LogP) is 2.73. The standard InChI is InChI=1S/C15H26N2O/c1-11-8-9-14(18-11)15(2,3)10-17-13-7-5-4-6-12(13)16/h8-9,12-13,17H,4-7,10,16H2,1-3H3. The topological polar surface area (TPSA) is 51.2 Å². The van der Waals surface area contributed by atoms with Crippen molar-refractivity contribution in [2.45, 2.75) is 64.0 Å². The third-order valence-corrected chi connectivity index (χ3v) is 4.03. The van der Waals surface area contributed by atoms with Crippen LogP contribution in [-0.4, -0.2) is 18.6 Å². The third-order valence-electron chi connectivity index (χ3n) is 4.03. The smallest absolute Gasteiger partial charge is 0.111 e. The second-order valence-corrected chi connectivity index (χ2v) is 6.23. The molecule has 0 bridgehead atoms. The molecular weight excluding hydrogens is 224 g/mol. The third kappa shape index (κ3) is 3.15. The first-order chi connectivity index (χ1) is 8.49. The molecule has 0 saturated heterocycles. The van der Waals surface area contributed by atoms with Gasteiger partial charge >= 0.3 is 0 Å². The van der Waals surface area contributed by atoms with Gasteiger partial charge in [-0.1, -0.05) is 26.7 Å². The van der Waals surface area contributed by atoms with Crippen LogP contribution in [0.2, 0.25) is 0 Å². The Morgan fingerprint density at radius 2 is 2.06 bits per heavy atom. The van der Waals surface area contributed by atoms with Crippen molar-refractivity contribution in [3.05, 3.63) is 23.7 Å². The zero-order valence-electron chi connectivity index (χ0n) is 11.8. The van der Waals surface area contributed by atoms with E-state index in [4.69, 9.17) is 10.2 Å². The van der Waals surface area contributed by atoms with Gasteiger partial charge in [0.15, 0.2) is 0 Å². The van der Waals surface area contributed by atoms with Crippen LogP contribution in [0.1, 0.15) is 51.1 Å². The fourth-order valence-corrected chi connectivity index (χ4v) is 2.68. The Kier molecular flexibility index (Phi) is 4.13. The lowest BCUT2D eigenvalue weighted by molar-refractivity contribution is 0.287. The Labute approximate surface area is 110 Å². The van der Waals surface area contributed by atoms with Gasteiger partial charge in [0.2, 0.25) is 0 Å². The summed E-state index contributed by atoms with van der Waals surface area (Å²) in [6.45, 7) is 7.33. The molecule has 0 radical (unpaired) electrons. The maximum atomic E-state index is 6.17. The van der Waals surface area contributed by atoms with Gasteiger partial charge in [-0.3, -0.25) is 0 Å². The zero-order valence-corrected chi connectivity index (χ0v) is 11.8. The van der Waals surface area contributed by atoms with Crippen LogP contribution in [0.5, 0.6) is 0 Å². The van der Waals surface area contributed by atoms with Crippen LogP contribution >= 0.6 is 0 Å². The summed E-state index contributed by atoms with van der Waals surface area (Å²) < 4.78 is 5.74. The molecule has 1 heterocycles. The molecular formula is C15H26N2O. The van der Waals surface area contributed by atoms with Gasteiger partial charge in [0.25, 0.3) is 0 Å². The van der Waals surface area contributed by atoms with Crippen LogP contribution in [0.3, 0.4) is 0 Å². The number of hydrogen-bond acceptors (Lipinski definition) is 3. The molecule has 0 aliphatic heterocycles. The molecule has 2 unspecified atom stereocenters. The van der Waals surface area contributed by atoms with Gasteiger partial charge in [-0.15, -0.1) is 0 Å². The second kappa shape index (κ2) is 5.45. The van der Waals surface area contributed by atoms with E-state index in [1.807, 2.05) is 13.0 Å². The van der Waals surface area contributed by atoms with E-state index in [0.29, 0.717) is 12.1 Å². The van der Waals surface area contributed by atoms with E-state index in [1.54, 1.807) is 0 Å². The average Bonchev–Trinajstić information content (AvgIpc) is 2.76. The van der Waals surface area contributed by atoms with E-state index in [0.717, 1.165) is 24.5 Å². The van der Waals surface area contributed by atoms with Gasteiger partial charge < -0.3 is 15.5 Å². The Bertz CT molecular complexity index is 384. The molecule has 2 atom stereocenters. The summed E-state index contributed by atoms with van der Waals surface area (Å²) in [7, 11) is 0. The van der Waals surface area contributed by atoms with Crippen molar-refractivity contribution in [2.24, 2.45) is 5.73 Å². The minimum atomic E-state index is 0.0193. The molecule has 2 rings (SSSR count). The van der Waals surface area contributed by atoms with Crippen molar-refractivity contribution in [3.8, 4) is 0 Å². The monoisotopic (exact) mass is 250 g/mol. The number of hydrogen-bond donors (Lipinski definition) is 2. The van der Waals surface area contributed by atoms with E-state index in [2.05, 4.69) is 25.2 Å². The minimum absolute atomic E-state index is 0.0193. The maximum Gasteiger partial charge on any atom is 0.111 e. The highest BCUT2D eigenvalue weighted by Crippen LogP contribution is 2.25. The number of nitrogens with two attached hydrogens (primary N) is 1. The molecule has 3 heteroatoms. The highest BCUT2D eigenvalue weighted by Gasteiger charge is 2.28. The molecule has 0 amide bonds. The van der Waals surface area contributed by atoms with Crippen LogP contribution in [0.15, 0.2) is 16.5 Å². The van der Waals surface area contributed by atoms with E-state index in [9.17, 15) is 0 Å². The quantitative estimate of drug-likeness (QED) is 0.864. The lowest BCUT2D eigenvalue weighted by atomic mass is 9.87. The van der Waals surface area contributed by atoms with Gasteiger partial charge in [-0.05, 0) is 31.9 Å². The molecule has 3 N–H and O–H groups in total. The van der Waals surface area contributed by atoms with Gasteiger partial charge in [-0.25, -0.2) is 0 Å². The van der Waals surface area contributed by atoms with Gasteiger partial charge in [0.05, 0.1) is 0 Å². The number of rotatable bonds is 4. The van der Waals surface area contributed by atoms with E-state index >= 15 is 0 Å². The molecule has 1 saturated carbocycles. The molecule has 18 heavy (non-hydrogen) atoms. The largest absolute Gasteiger partial charge is 0.466 e. The Balaban J connectivity index is 1.92. The molecule has 0 spiro atoms. The van der Waals surface area contributed by atoms with E-state index < -0.39 is 0 Å². The van der Waals surface area contributed by atoms with Crippen molar-refractivity contribution in [3.63, 3.8) is 0 Å². The minimum Gasteiger partial charge on any atom is -0.466 e. The maximum absolute atomic E-state index is 6.17. The summed E-state index contributed by atoms with van der Waals surface area (Å²) >= 11 is 0. The summed E-state index contributed by atoms with van der Waals surface area (Å²) in [6.07, 6.45) is 4.93. The van der Waals surface area contributed by atoms with Crippen molar-refractivity contribution < 1.29 is 4.42 Å². The van der Waals surface area contributed by atoms with Crippen LogP contribution < -0.4 is 11.1 Å². The lowest BCUT2D eigenvalue weighted by Crippen LogP contribution is -2.50. The van der Waals surface area contributed by atoms with Crippen molar-refractivity contribution in [1.29, 1.82) is 0 Å². The first-order valence-corrected chi connectivity index (χ1v) is 7.05. The molecule has 1 aromatic rings. The molecule has 1 fully saturated rings. The van der Waals surface area contributed by atoms with E-state index in [1.165, 1.54) is 19.3 Å². The number of aryl methyl sites for hydroxylation is 1. The Hall–Kier alpha value is -0.800. The first kappa shape index (κ1) is 13.6. The predicted molar refractivity (Wildman–Crippen MR) is 74.7 cm³/mol. The van der Waals surface area contributed by atoms with Gasteiger partial charge in [0.1, 0.15) is 11.5 Å². The Morgan fingerprint density at radius 1 is 1.33 bits per heavy atom. The summed E-state index contributed by atoms with van der Waals surface area (Å²) in [4.78, 5) is 0. The summed E-state index contributed by atoms with van der Waals surface area (Å²) in [5, 5.41) is 3.63. The number of nitrogens with one attached hydrogen (secondary N) is 1. The highest BCUT2D eigenvalue weighted by atomic mass is 16.3. The van der Waals surface area contributed by atoms with Crippen molar-refractivity contribution >= 4 is 0 Å². The van der Waals surface area contributed by atoms with Crippen molar-refractivity contribution in [2.75, 3.05) is 6.54 Å². The first-order valence-electron chi connectivity index (χ1n) is 7.05. The molecule has 1 aliphatic rings. The normalized spacial score (nSPS) is 25.3. The fourth-order valence-electron chi connectivity index (χ4n) is 2.68. The molecule has 1 aliphatic carbocycles. The zero-order chi connectivity index (χ0) is 13.2. The van der Waals surface area contributed by atoms with Gasteiger partial charge in [-0.2, -0.15) is 0 Å².